The Morgan fingerprint density at radius 3 is 2.78 bits per heavy atom. The molecule has 1 aromatic rings. The molecule has 0 bridgehead atoms. The highest BCUT2D eigenvalue weighted by molar-refractivity contribution is 9.10. The number of carbonyl (C=O) groups is 2. The molecule has 2 amide bonds. The van der Waals surface area contributed by atoms with E-state index in [2.05, 4.69) is 26.6 Å². The van der Waals surface area contributed by atoms with Crippen LogP contribution in [-0.4, -0.2) is 23.7 Å². The van der Waals surface area contributed by atoms with Gasteiger partial charge in [0.25, 0.3) is 0 Å². The van der Waals surface area contributed by atoms with Gasteiger partial charge in [-0.05, 0) is 40.5 Å². The van der Waals surface area contributed by atoms with Crippen LogP contribution in [0.1, 0.15) is 12.8 Å². The topological polar surface area (TPSA) is 78.4 Å². The molecule has 0 aliphatic carbocycles. The van der Waals surface area contributed by atoms with E-state index in [9.17, 15) is 9.59 Å². The van der Waals surface area contributed by atoms with E-state index >= 15 is 0 Å². The molecule has 0 aliphatic heterocycles. The van der Waals surface area contributed by atoms with Crippen molar-refractivity contribution in [3.63, 3.8) is 0 Å². The first-order valence-electron chi connectivity index (χ1n) is 5.20. The zero-order valence-corrected chi connectivity index (χ0v) is 11.7. The fourth-order valence-electron chi connectivity index (χ4n) is 1.20. The van der Waals surface area contributed by atoms with E-state index in [4.69, 9.17) is 16.7 Å². The van der Waals surface area contributed by atoms with Gasteiger partial charge < -0.3 is 15.7 Å². The number of nitrogens with one attached hydrogen (secondary N) is 2. The van der Waals surface area contributed by atoms with E-state index in [1.54, 1.807) is 18.2 Å². The molecule has 1 rings (SSSR count). The van der Waals surface area contributed by atoms with Gasteiger partial charge in [-0.25, -0.2) is 4.79 Å². The lowest BCUT2D eigenvalue weighted by molar-refractivity contribution is -0.137. The van der Waals surface area contributed by atoms with Gasteiger partial charge in [0, 0.05) is 22.5 Å². The second kappa shape index (κ2) is 7.23. The average Bonchev–Trinajstić information content (AvgIpc) is 2.29. The smallest absolute Gasteiger partial charge is 0.319 e. The Hall–Kier alpha value is -1.27. The molecule has 5 nitrogen and oxygen atoms in total. The number of amides is 2. The molecule has 1 aromatic carbocycles. The van der Waals surface area contributed by atoms with Crippen molar-refractivity contribution in [3.8, 4) is 0 Å². The molecule has 18 heavy (non-hydrogen) atoms. The third-order valence-corrected chi connectivity index (χ3v) is 2.96. The first-order valence-corrected chi connectivity index (χ1v) is 6.38. The van der Waals surface area contributed by atoms with E-state index < -0.39 is 12.0 Å². The molecule has 0 fully saturated rings. The highest BCUT2D eigenvalue weighted by Crippen LogP contribution is 2.25. The molecule has 0 spiro atoms. The lowest BCUT2D eigenvalue weighted by atomic mass is 10.3. The number of hydrogen-bond acceptors (Lipinski definition) is 2. The van der Waals surface area contributed by atoms with E-state index in [-0.39, 0.29) is 6.42 Å². The summed E-state index contributed by atoms with van der Waals surface area (Å²) in [5.74, 6) is -0.880. The number of carboxylic acids is 1. The molecular formula is C11H12BrClN2O3. The number of halogens is 2. The number of aliphatic carboxylic acids is 1. The third kappa shape index (κ3) is 5.37. The van der Waals surface area contributed by atoms with Gasteiger partial charge in [-0.3, -0.25) is 4.79 Å². The Bertz CT molecular complexity index is 454. The van der Waals surface area contributed by atoms with Crippen molar-refractivity contribution in [2.45, 2.75) is 12.8 Å². The maximum atomic E-state index is 11.5. The van der Waals surface area contributed by atoms with Crippen LogP contribution < -0.4 is 10.6 Å². The van der Waals surface area contributed by atoms with Gasteiger partial charge >= 0.3 is 12.0 Å². The maximum Gasteiger partial charge on any atom is 0.319 e. The van der Waals surface area contributed by atoms with Gasteiger partial charge in [0.15, 0.2) is 0 Å². The third-order valence-electron chi connectivity index (χ3n) is 2.03. The molecule has 0 saturated carbocycles. The SMILES string of the molecule is O=C(O)CCCNC(=O)Nc1cc(Cl)ccc1Br. The molecule has 0 unspecified atom stereocenters. The molecule has 0 aliphatic rings. The molecule has 0 aromatic heterocycles. The minimum absolute atomic E-state index is 0.0289. The van der Waals surface area contributed by atoms with Crippen molar-refractivity contribution in [1.29, 1.82) is 0 Å². The summed E-state index contributed by atoms with van der Waals surface area (Å²) < 4.78 is 0.715. The Balaban J connectivity index is 2.40. The molecule has 0 heterocycles. The predicted molar refractivity (Wildman–Crippen MR) is 73.0 cm³/mol. The van der Waals surface area contributed by atoms with Crippen LogP contribution in [0.25, 0.3) is 0 Å². The van der Waals surface area contributed by atoms with Crippen molar-refractivity contribution in [3.05, 3.63) is 27.7 Å². The van der Waals surface area contributed by atoms with E-state index in [0.29, 0.717) is 28.1 Å². The van der Waals surface area contributed by atoms with Gasteiger partial charge in [0.05, 0.1) is 5.69 Å². The van der Waals surface area contributed by atoms with Crippen LogP contribution in [0.4, 0.5) is 10.5 Å². The van der Waals surface area contributed by atoms with Gasteiger partial charge in [0.1, 0.15) is 0 Å². The lowest BCUT2D eigenvalue weighted by Crippen LogP contribution is -2.29. The van der Waals surface area contributed by atoms with Crippen molar-refractivity contribution in [2.24, 2.45) is 0 Å². The minimum Gasteiger partial charge on any atom is -0.481 e. The number of benzene rings is 1. The number of urea groups is 1. The number of carbonyl (C=O) groups excluding carboxylic acids is 1. The first kappa shape index (κ1) is 14.8. The Labute approximate surface area is 118 Å². The molecule has 0 radical (unpaired) electrons. The number of carboxylic acid groups (broad SMARTS) is 1. The summed E-state index contributed by atoms with van der Waals surface area (Å²) >= 11 is 9.09. The molecule has 0 atom stereocenters. The molecular weight excluding hydrogens is 323 g/mol. The van der Waals surface area contributed by atoms with Gasteiger partial charge in [-0.2, -0.15) is 0 Å². The van der Waals surface area contributed by atoms with Gasteiger partial charge in [-0.15, -0.1) is 0 Å². The number of rotatable bonds is 5. The quantitative estimate of drug-likeness (QED) is 0.724. The highest BCUT2D eigenvalue weighted by atomic mass is 79.9. The zero-order chi connectivity index (χ0) is 13.5. The highest BCUT2D eigenvalue weighted by Gasteiger charge is 2.05. The second-order valence-electron chi connectivity index (χ2n) is 3.50. The van der Waals surface area contributed by atoms with Crippen LogP contribution in [0, 0.1) is 0 Å². The molecule has 7 heteroatoms. The summed E-state index contributed by atoms with van der Waals surface area (Å²) in [7, 11) is 0. The van der Waals surface area contributed by atoms with Crippen LogP contribution in [0.3, 0.4) is 0 Å². The van der Waals surface area contributed by atoms with Crippen molar-refractivity contribution >= 4 is 45.2 Å². The summed E-state index contributed by atoms with van der Waals surface area (Å²) in [5.41, 5.74) is 0.554. The standard InChI is InChI=1S/C11H12BrClN2O3/c12-8-4-3-7(13)6-9(8)15-11(18)14-5-1-2-10(16)17/h3-4,6H,1-2,5H2,(H,16,17)(H2,14,15,18). The Kier molecular flexibility index (Phi) is 5.94. The zero-order valence-electron chi connectivity index (χ0n) is 9.37. The van der Waals surface area contributed by atoms with Crippen molar-refractivity contribution in [2.75, 3.05) is 11.9 Å². The van der Waals surface area contributed by atoms with Crippen molar-refractivity contribution < 1.29 is 14.7 Å². The average molecular weight is 336 g/mol. The fraction of sp³-hybridized carbons (Fsp3) is 0.273. The van der Waals surface area contributed by atoms with E-state index in [0.717, 1.165) is 0 Å². The summed E-state index contributed by atoms with van der Waals surface area (Å²) in [6.07, 6.45) is 0.417. The van der Waals surface area contributed by atoms with E-state index in [1.807, 2.05) is 0 Å². The Morgan fingerprint density at radius 1 is 1.39 bits per heavy atom. The number of anilines is 1. The largest absolute Gasteiger partial charge is 0.481 e. The summed E-state index contributed by atoms with van der Waals surface area (Å²) in [5, 5.41) is 14.1. The van der Waals surface area contributed by atoms with E-state index in [1.165, 1.54) is 0 Å². The maximum absolute atomic E-state index is 11.5. The molecule has 0 saturated heterocycles. The van der Waals surface area contributed by atoms with Crippen LogP contribution in [-0.2, 0) is 4.79 Å². The summed E-state index contributed by atoms with van der Waals surface area (Å²) in [6, 6.07) is 4.63. The predicted octanol–water partition coefficient (Wildman–Crippen LogP) is 3.09. The van der Waals surface area contributed by atoms with Crippen LogP contribution >= 0.6 is 27.5 Å². The monoisotopic (exact) mass is 334 g/mol. The van der Waals surface area contributed by atoms with Crippen LogP contribution in [0.2, 0.25) is 5.02 Å². The molecule has 98 valence electrons. The Morgan fingerprint density at radius 2 is 2.11 bits per heavy atom. The summed E-state index contributed by atoms with van der Waals surface area (Å²) in [6.45, 7) is 0.302. The number of hydrogen-bond donors (Lipinski definition) is 3. The fourth-order valence-corrected chi connectivity index (χ4v) is 1.72. The molecule has 3 N–H and O–H groups in total. The van der Waals surface area contributed by atoms with Gasteiger partial charge in [-0.1, -0.05) is 11.6 Å². The van der Waals surface area contributed by atoms with Crippen LogP contribution in [0.15, 0.2) is 22.7 Å². The minimum atomic E-state index is -0.880. The van der Waals surface area contributed by atoms with Crippen LogP contribution in [0.5, 0.6) is 0 Å². The first-order chi connectivity index (χ1) is 8.49. The van der Waals surface area contributed by atoms with Gasteiger partial charge in [0.2, 0.25) is 0 Å². The summed E-state index contributed by atoms with van der Waals surface area (Å²) in [4.78, 5) is 21.8. The normalized spacial score (nSPS) is 9.89. The lowest BCUT2D eigenvalue weighted by Gasteiger charge is -2.09. The van der Waals surface area contributed by atoms with Crippen molar-refractivity contribution in [1.82, 2.24) is 5.32 Å². The second-order valence-corrected chi connectivity index (χ2v) is 4.79.